The van der Waals surface area contributed by atoms with E-state index in [2.05, 4.69) is 15.9 Å². The van der Waals surface area contributed by atoms with Crippen molar-refractivity contribution in [1.82, 2.24) is 0 Å². The van der Waals surface area contributed by atoms with E-state index in [0.29, 0.717) is 16.5 Å². The van der Waals surface area contributed by atoms with Crippen LogP contribution < -0.4 is 0 Å². The van der Waals surface area contributed by atoms with Crippen molar-refractivity contribution < 1.29 is 4.79 Å². The van der Waals surface area contributed by atoms with Gasteiger partial charge in [-0.3, -0.25) is 4.79 Å². The molecule has 1 atom stereocenters. The highest BCUT2D eigenvalue weighted by molar-refractivity contribution is 9.10. The molecule has 0 aromatic heterocycles. The summed E-state index contributed by atoms with van der Waals surface area (Å²) in [6, 6.07) is 5.43. The molecule has 0 spiro atoms. The third-order valence-electron chi connectivity index (χ3n) is 2.28. The molecule has 1 aromatic rings. The van der Waals surface area contributed by atoms with Gasteiger partial charge in [0.1, 0.15) is 5.78 Å². The van der Waals surface area contributed by atoms with Gasteiger partial charge in [0, 0.05) is 5.92 Å². The van der Waals surface area contributed by atoms with Gasteiger partial charge in [-0.25, -0.2) is 0 Å². The van der Waals surface area contributed by atoms with E-state index < -0.39 is 0 Å². The molecule has 0 aliphatic heterocycles. The summed E-state index contributed by atoms with van der Waals surface area (Å²) >= 11 is 15.1. The lowest BCUT2D eigenvalue weighted by Crippen LogP contribution is -2.21. The average Bonchev–Trinajstić information content (AvgIpc) is 2.22. The fourth-order valence-electron chi connectivity index (χ4n) is 1.34. The van der Waals surface area contributed by atoms with Crippen molar-refractivity contribution in [2.45, 2.75) is 25.1 Å². The Labute approximate surface area is 114 Å². The van der Waals surface area contributed by atoms with Crippen molar-refractivity contribution in [3.63, 3.8) is 0 Å². The van der Waals surface area contributed by atoms with Crippen LogP contribution in [0.4, 0.5) is 0 Å². The summed E-state index contributed by atoms with van der Waals surface area (Å²) in [5.74, 6) is 0.234. The predicted octanol–water partition coefficient (Wildman–Crippen LogP) is 4.52. The van der Waals surface area contributed by atoms with E-state index in [9.17, 15) is 4.79 Å². The van der Waals surface area contributed by atoms with E-state index in [-0.39, 0.29) is 16.5 Å². The van der Waals surface area contributed by atoms with Gasteiger partial charge in [0.2, 0.25) is 0 Å². The minimum atomic E-state index is -0.162. The topological polar surface area (TPSA) is 17.1 Å². The molecule has 88 valence electrons. The number of ketones is 1. The zero-order chi connectivity index (χ0) is 12.3. The van der Waals surface area contributed by atoms with Crippen LogP contribution >= 0.6 is 39.1 Å². The number of rotatable bonds is 4. The van der Waals surface area contributed by atoms with Gasteiger partial charge in [0.15, 0.2) is 0 Å². The summed E-state index contributed by atoms with van der Waals surface area (Å²) in [4.78, 5) is 11.5. The number of carbonyl (C=O) groups is 1. The van der Waals surface area contributed by atoms with Crippen LogP contribution in [-0.4, -0.2) is 10.6 Å². The minimum Gasteiger partial charge on any atom is -0.298 e. The maximum atomic E-state index is 11.7. The highest BCUT2D eigenvalue weighted by Crippen LogP contribution is 2.24. The van der Waals surface area contributed by atoms with Gasteiger partial charge < -0.3 is 0 Å². The maximum absolute atomic E-state index is 11.7. The number of benzene rings is 1. The van der Waals surface area contributed by atoms with Crippen LogP contribution in [0.1, 0.15) is 19.4 Å². The second-order valence-electron chi connectivity index (χ2n) is 3.98. The Morgan fingerprint density at radius 2 is 1.94 bits per heavy atom. The molecule has 0 bridgehead atoms. The first-order chi connectivity index (χ1) is 7.41. The Morgan fingerprint density at radius 1 is 1.31 bits per heavy atom. The molecule has 1 rings (SSSR count). The predicted molar refractivity (Wildman–Crippen MR) is 72.7 cm³/mol. The van der Waals surface area contributed by atoms with Crippen LogP contribution in [-0.2, 0) is 11.2 Å². The second kappa shape index (κ2) is 6.04. The Balaban J connectivity index is 2.73. The third kappa shape index (κ3) is 3.76. The number of carbonyl (C=O) groups excluding carboxylic acids is 1. The van der Waals surface area contributed by atoms with Crippen molar-refractivity contribution in [1.29, 1.82) is 0 Å². The largest absolute Gasteiger partial charge is 0.298 e. The van der Waals surface area contributed by atoms with Gasteiger partial charge in [-0.1, -0.05) is 59.0 Å². The van der Waals surface area contributed by atoms with Crippen molar-refractivity contribution in [2.75, 3.05) is 0 Å². The Hall–Kier alpha value is -0.0500. The summed E-state index contributed by atoms with van der Waals surface area (Å²) in [5, 5.41) is 1.06. The zero-order valence-electron chi connectivity index (χ0n) is 9.14. The molecule has 1 unspecified atom stereocenters. The van der Waals surface area contributed by atoms with Crippen molar-refractivity contribution >= 4 is 44.9 Å². The molecule has 0 heterocycles. The van der Waals surface area contributed by atoms with E-state index in [1.165, 1.54) is 0 Å². The molecule has 0 aliphatic rings. The van der Waals surface area contributed by atoms with Gasteiger partial charge in [-0.05, 0) is 24.1 Å². The number of alkyl halides is 1. The summed E-state index contributed by atoms with van der Waals surface area (Å²) < 4.78 is 0. The first kappa shape index (κ1) is 14.0. The lowest BCUT2D eigenvalue weighted by molar-refractivity contribution is -0.121. The quantitative estimate of drug-likeness (QED) is 0.744. The molecule has 0 fully saturated rings. The highest BCUT2D eigenvalue weighted by atomic mass is 79.9. The minimum absolute atomic E-state index is 0.0344. The molecule has 0 radical (unpaired) electrons. The van der Waals surface area contributed by atoms with Crippen LogP contribution in [0, 0.1) is 5.92 Å². The third-order valence-corrected chi connectivity index (χ3v) is 3.79. The van der Waals surface area contributed by atoms with Crippen molar-refractivity contribution in [3.8, 4) is 0 Å². The van der Waals surface area contributed by atoms with E-state index in [0.717, 1.165) is 5.56 Å². The maximum Gasteiger partial charge on any atom is 0.149 e. The highest BCUT2D eigenvalue weighted by Gasteiger charge is 2.18. The molecule has 1 aromatic carbocycles. The Morgan fingerprint density at radius 3 is 2.44 bits per heavy atom. The van der Waals surface area contributed by atoms with Gasteiger partial charge >= 0.3 is 0 Å². The lowest BCUT2D eigenvalue weighted by Gasteiger charge is -2.11. The van der Waals surface area contributed by atoms with Crippen LogP contribution in [0.2, 0.25) is 10.0 Å². The molecule has 1 nitrogen and oxygen atoms in total. The van der Waals surface area contributed by atoms with Crippen LogP contribution in [0.3, 0.4) is 0 Å². The van der Waals surface area contributed by atoms with Gasteiger partial charge in [0.05, 0.1) is 14.9 Å². The fourth-order valence-corrected chi connectivity index (χ4v) is 2.56. The fraction of sp³-hybridized carbons (Fsp3) is 0.417. The zero-order valence-corrected chi connectivity index (χ0v) is 12.2. The molecule has 0 aliphatic carbocycles. The molecule has 0 saturated carbocycles. The van der Waals surface area contributed by atoms with E-state index in [1.54, 1.807) is 12.1 Å². The first-order valence-electron chi connectivity index (χ1n) is 5.03. The number of Topliss-reactive ketones (excluding diaryl/α,β-unsaturated/α-hetero) is 1. The SMILES string of the molecule is CC(C)C(=O)C(Br)Cc1ccc(Cl)c(Cl)c1. The molecule has 16 heavy (non-hydrogen) atoms. The van der Waals surface area contributed by atoms with E-state index in [1.807, 2.05) is 19.9 Å². The summed E-state index contributed by atoms with van der Waals surface area (Å²) in [7, 11) is 0. The molecule has 0 amide bonds. The number of halogens is 3. The lowest BCUT2D eigenvalue weighted by atomic mass is 10.0. The normalized spacial score (nSPS) is 12.9. The number of hydrogen-bond donors (Lipinski definition) is 0. The van der Waals surface area contributed by atoms with E-state index >= 15 is 0 Å². The van der Waals surface area contributed by atoms with Crippen LogP contribution in [0.15, 0.2) is 18.2 Å². The van der Waals surface area contributed by atoms with Gasteiger partial charge in [-0.15, -0.1) is 0 Å². The van der Waals surface area contributed by atoms with Crippen LogP contribution in [0.5, 0.6) is 0 Å². The monoisotopic (exact) mass is 322 g/mol. The second-order valence-corrected chi connectivity index (χ2v) is 5.90. The van der Waals surface area contributed by atoms with Crippen molar-refractivity contribution in [3.05, 3.63) is 33.8 Å². The van der Waals surface area contributed by atoms with Crippen molar-refractivity contribution in [2.24, 2.45) is 5.92 Å². The molecule has 0 N–H and O–H groups in total. The first-order valence-corrected chi connectivity index (χ1v) is 6.70. The number of hydrogen-bond acceptors (Lipinski definition) is 1. The smallest absolute Gasteiger partial charge is 0.149 e. The summed E-state index contributed by atoms with van der Waals surface area (Å²) in [6.45, 7) is 3.79. The molecule has 4 heteroatoms. The average molecular weight is 324 g/mol. The molecular weight excluding hydrogens is 311 g/mol. The van der Waals surface area contributed by atoms with Gasteiger partial charge in [0.25, 0.3) is 0 Å². The Kier molecular flexibility index (Phi) is 5.29. The van der Waals surface area contributed by atoms with Gasteiger partial charge in [-0.2, -0.15) is 0 Å². The van der Waals surface area contributed by atoms with E-state index in [4.69, 9.17) is 23.2 Å². The molecular formula is C12H13BrCl2O. The molecule has 0 saturated heterocycles. The standard InChI is InChI=1S/C12H13BrCl2O/c1-7(2)12(16)9(13)5-8-3-4-10(14)11(15)6-8/h3-4,6-7,9H,5H2,1-2H3. The summed E-state index contributed by atoms with van der Waals surface area (Å²) in [5.41, 5.74) is 1.00. The Bertz CT molecular complexity index is 391. The van der Waals surface area contributed by atoms with Crippen LogP contribution in [0.25, 0.3) is 0 Å². The summed E-state index contributed by atoms with van der Waals surface area (Å²) in [6.07, 6.45) is 0.633.